The maximum atomic E-state index is 11.3. The van der Waals surface area contributed by atoms with Gasteiger partial charge in [0.25, 0.3) is 0 Å². The first-order valence-corrected chi connectivity index (χ1v) is 5.91. The molecule has 0 spiro atoms. The van der Waals surface area contributed by atoms with E-state index >= 15 is 0 Å². The number of aliphatic carboxylic acids is 1. The van der Waals surface area contributed by atoms with Crippen molar-refractivity contribution in [2.45, 2.75) is 51.2 Å². The molecule has 1 aliphatic carbocycles. The van der Waals surface area contributed by atoms with Crippen molar-refractivity contribution in [3.63, 3.8) is 0 Å². The molecule has 94 valence electrons. The molecule has 1 fully saturated rings. The van der Waals surface area contributed by atoms with Crippen molar-refractivity contribution in [1.82, 2.24) is 0 Å². The molecular formula is C12H22O4. The van der Waals surface area contributed by atoms with Crippen LogP contribution >= 0.6 is 0 Å². The van der Waals surface area contributed by atoms with Gasteiger partial charge in [-0.3, -0.25) is 4.79 Å². The third kappa shape index (κ3) is 2.38. The van der Waals surface area contributed by atoms with Gasteiger partial charge in [-0.15, -0.1) is 0 Å². The van der Waals surface area contributed by atoms with E-state index in [9.17, 15) is 15.0 Å². The second-order valence-electron chi connectivity index (χ2n) is 5.02. The molecule has 0 amide bonds. The lowest BCUT2D eigenvalue weighted by atomic mass is 9.69. The van der Waals surface area contributed by atoms with E-state index in [0.717, 1.165) is 19.3 Å². The highest BCUT2D eigenvalue weighted by Gasteiger charge is 2.50. The quantitative estimate of drug-likeness (QED) is 0.771. The summed E-state index contributed by atoms with van der Waals surface area (Å²) in [6.45, 7) is 3.66. The Labute approximate surface area is 96.6 Å². The lowest BCUT2D eigenvalue weighted by Gasteiger charge is -2.44. The van der Waals surface area contributed by atoms with Gasteiger partial charge in [0.15, 0.2) is 0 Å². The number of carboxylic acids is 1. The summed E-state index contributed by atoms with van der Waals surface area (Å²) in [7, 11) is 1.54. The molecule has 0 heterocycles. The van der Waals surface area contributed by atoms with Crippen molar-refractivity contribution in [1.29, 1.82) is 0 Å². The minimum Gasteiger partial charge on any atom is -0.481 e. The zero-order valence-corrected chi connectivity index (χ0v) is 10.3. The Hall–Kier alpha value is -0.610. The van der Waals surface area contributed by atoms with E-state index in [1.165, 1.54) is 0 Å². The van der Waals surface area contributed by atoms with Gasteiger partial charge < -0.3 is 14.9 Å². The van der Waals surface area contributed by atoms with Crippen LogP contribution in [0.15, 0.2) is 0 Å². The topological polar surface area (TPSA) is 66.8 Å². The second-order valence-corrected chi connectivity index (χ2v) is 5.02. The number of rotatable bonds is 4. The van der Waals surface area contributed by atoms with Crippen LogP contribution in [0.5, 0.6) is 0 Å². The summed E-state index contributed by atoms with van der Waals surface area (Å²) >= 11 is 0. The van der Waals surface area contributed by atoms with Crippen molar-refractivity contribution < 1.29 is 19.7 Å². The van der Waals surface area contributed by atoms with Gasteiger partial charge in [0, 0.05) is 7.11 Å². The Morgan fingerprint density at radius 1 is 1.44 bits per heavy atom. The first kappa shape index (κ1) is 13.5. The maximum absolute atomic E-state index is 11.3. The van der Waals surface area contributed by atoms with Crippen molar-refractivity contribution in [2.24, 2.45) is 11.8 Å². The Bertz CT molecular complexity index is 251. The van der Waals surface area contributed by atoms with Gasteiger partial charge >= 0.3 is 5.97 Å². The highest BCUT2D eigenvalue weighted by Crippen LogP contribution is 2.39. The predicted octanol–water partition coefficient (Wildman–Crippen LogP) is 1.66. The van der Waals surface area contributed by atoms with Crippen LogP contribution in [0, 0.1) is 11.8 Å². The molecule has 0 aromatic heterocycles. The summed E-state index contributed by atoms with van der Waals surface area (Å²) in [5.74, 6) is -1.78. The average molecular weight is 230 g/mol. The molecule has 1 saturated carbocycles. The van der Waals surface area contributed by atoms with E-state index < -0.39 is 17.5 Å². The van der Waals surface area contributed by atoms with E-state index in [4.69, 9.17) is 4.74 Å². The highest BCUT2D eigenvalue weighted by molar-refractivity contribution is 5.72. The number of hydrogen-bond acceptors (Lipinski definition) is 3. The molecule has 0 aromatic rings. The number of carboxylic acid groups (broad SMARTS) is 1. The number of hydrogen-bond donors (Lipinski definition) is 2. The summed E-state index contributed by atoms with van der Waals surface area (Å²) < 4.78 is 5.27. The standard InChI is InChI=1S/C12H22O4/c1-8(2)10(11(13)14)12(15)7-5-4-6-9(12)16-3/h8-10,15H,4-7H2,1-3H3,(H,13,14). The summed E-state index contributed by atoms with van der Waals surface area (Å²) in [6.07, 6.45) is 2.76. The van der Waals surface area contributed by atoms with E-state index in [0.29, 0.717) is 6.42 Å². The zero-order chi connectivity index (χ0) is 12.3. The largest absolute Gasteiger partial charge is 0.481 e. The molecule has 4 nitrogen and oxygen atoms in total. The molecular weight excluding hydrogens is 208 g/mol. The van der Waals surface area contributed by atoms with E-state index in [-0.39, 0.29) is 12.0 Å². The third-order valence-electron chi connectivity index (χ3n) is 3.61. The molecule has 3 unspecified atom stereocenters. The molecule has 3 atom stereocenters. The molecule has 2 N–H and O–H groups in total. The van der Waals surface area contributed by atoms with Crippen molar-refractivity contribution in [2.75, 3.05) is 7.11 Å². The molecule has 4 heteroatoms. The molecule has 0 aromatic carbocycles. The van der Waals surface area contributed by atoms with Crippen LogP contribution in [0.25, 0.3) is 0 Å². The fourth-order valence-corrected chi connectivity index (χ4v) is 2.90. The minimum absolute atomic E-state index is 0.0988. The number of aliphatic hydroxyl groups is 1. The van der Waals surface area contributed by atoms with Crippen molar-refractivity contribution >= 4 is 5.97 Å². The molecule has 0 radical (unpaired) electrons. The predicted molar refractivity (Wildman–Crippen MR) is 60.2 cm³/mol. The van der Waals surface area contributed by atoms with Crippen LogP contribution in [0.4, 0.5) is 0 Å². The van der Waals surface area contributed by atoms with Crippen molar-refractivity contribution in [3.8, 4) is 0 Å². The first-order valence-electron chi connectivity index (χ1n) is 5.91. The van der Waals surface area contributed by atoms with Gasteiger partial charge in [-0.25, -0.2) is 0 Å². The Morgan fingerprint density at radius 3 is 2.50 bits per heavy atom. The Kier molecular flexibility index (Phi) is 4.33. The van der Waals surface area contributed by atoms with Gasteiger partial charge in [-0.1, -0.05) is 26.7 Å². The Balaban J connectivity index is 2.97. The van der Waals surface area contributed by atoms with Gasteiger partial charge in [0.05, 0.1) is 12.0 Å². The number of carbonyl (C=O) groups is 1. The van der Waals surface area contributed by atoms with Crippen LogP contribution in [0.3, 0.4) is 0 Å². The highest BCUT2D eigenvalue weighted by atomic mass is 16.5. The van der Waals surface area contributed by atoms with Gasteiger partial charge in [0.1, 0.15) is 5.60 Å². The maximum Gasteiger partial charge on any atom is 0.309 e. The Morgan fingerprint density at radius 2 is 2.06 bits per heavy atom. The molecule has 0 bridgehead atoms. The summed E-state index contributed by atoms with van der Waals surface area (Å²) in [4.78, 5) is 11.3. The van der Waals surface area contributed by atoms with Crippen molar-refractivity contribution in [3.05, 3.63) is 0 Å². The second kappa shape index (κ2) is 5.15. The average Bonchev–Trinajstić information content (AvgIpc) is 2.16. The van der Waals surface area contributed by atoms with E-state index in [2.05, 4.69) is 0 Å². The molecule has 1 rings (SSSR count). The molecule has 0 aliphatic heterocycles. The minimum atomic E-state index is -1.22. The summed E-state index contributed by atoms with van der Waals surface area (Å²) in [5, 5.41) is 19.9. The number of ether oxygens (including phenoxy) is 1. The lowest BCUT2D eigenvalue weighted by molar-refractivity contribution is -0.182. The first-order chi connectivity index (χ1) is 7.43. The van der Waals surface area contributed by atoms with Crippen LogP contribution in [0.2, 0.25) is 0 Å². The molecule has 1 aliphatic rings. The molecule has 16 heavy (non-hydrogen) atoms. The summed E-state index contributed by atoms with van der Waals surface area (Å²) in [6, 6.07) is 0. The van der Waals surface area contributed by atoms with Gasteiger partial charge in [-0.05, 0) is 18.8 Å². The van der Waals surface area contributed by atoms with E-state index in [1.807, 2.05) is 13.8 Å². The van der Waals surface area contributed by atoms with Gasteiger partial charge in [0.2, 0.25) is 0 Å². The smallest absolute Gasteiger partial charge is 0.309 e. The summed E-state index contributed by atoms with van der Waals surface area (Å²) in [5.41, 5.74) is -1.22. The molecule has 0 saturated heterocycles. The van der Waals surface area contributed by atoms with E-state index in [1.54, 1.807) is 7.11 Å². The van der Waals surface area contributed by atoms with Crippen LogP contribution in [0.1, 0.15) is 39.5 Å². The number of methoxy groups -OCH3 is 1. The van der Waals surface area contributed by atoms with Crippen LogP contribution in [-0.4, -0.2) is 35.0 Å². The third-order valence-corrected chi connectivity index (χ3v) is 3.61. The monoisotopic (exact) mass is 230 g/mol. The fourth-order valence-electron chi connectivity index (χ4n) is 2.90. The fraction of sp³-hybridized carbons (Fsp3) is 0.917. The van der Waals surface area contributed by atoms with Crippen LogP contribution in [-0.2, 0) is 9.53 Å². The zero-order valence-electron chi connectivity index (χ0n) is 10.3. The van der Waals surface area contributed by atoms with Gasteiger partial charge in [-0.2, -0.15) is 0 Å². The SMILES string of the molecule is COC1CCCCC1(O)C(C(=O)O)C(C)C. The normalized spacial score (nSPS) is 32.7. The van der Waals surface area contributed by atoms with Crippen LogP contribution < -0.4 is 0 Å². The lowest BCUT2D eigenvalue weighted by Crippen LogP contribution is -2.55.